The average Bonchev–Trinajstić information content (AvgIpc) is 2.68. The molecule has 0 aliphatic rings. The number of alkyl halides is 3. The van der Waals surface area contributed by atoms with Gasteiger partial charge in [0.05, 0.1) is 6.04 Å². The third-order valence-corrected chi connectivity index (χ3v) is 2.95. The van der Waals surface area contributed by atoms with E-state index in [1.54, 1.807) is 0 Å². The molecule has 20 heavy (non-hydrogen) atoms. The fourth-order valence-corrected chi connectivity index (χ4v) is 2.05. The zero-order chi connectivity index (χ0) is 14.9. The molecule has 0 radical (unpaired) electrons. The fourth-order valence-electron chi connectivity index (χ4n) is 2.05. The van der Waals surface area contributed by atoms with Crippen molar-refractivity contribution in [3.05, 3.63) is 47.0 Å². The molecular weight excluding hydrogens is 269 g/mol. The van der Waals surface area contributed by atoms with Gasteiger partial charge < -0.3 is 9.73 Å². The molecule has 0 spiro atoms. The minimum Gasteiger partial charge on any atom is -0.466 e. The van der Waals surface area contributed by atoms with Crippen LogP contribution in [-0.2, 0) is 6.18 Å². The van der Waals surface area contributed by atoms with E-state index in [9.17, 15) is 13.2 Å². The van der Waals surface area contributed by atoms with Gasteiger partial charge in [0, 0.05) is 5.56 Å². The smallest absolute Gasteiger partial charge is 0.433 e. The molecule has 0 amide bonds. The van der Waals surface area contributed by atoms with Crippen molar-refractivity contribution >= 4 is 5.82 Å². The lowest BCUT2D eigenvalue weighted by molar-refractivity contribution is -0.141. The lowest BCUT2D eigenvalue weighted by atomic mass is 10.1. The van der Waals surface area contributed by atoms with Crippen LogP contribution in [0.15, 0.2) is 28.7 Å². The van der Waals surface area contributed by atoms with Crippen LogP contribution in [0.4, 0.5) is 19.0 Å². The summed E-state index contributed by atoms with van der Waals surface area (Å²) < 4.78 is 43.2. The summed E-state index contributed by atoms with van der Waals surface area (Å²) in [5.74, 6) is 1.70. The molecule has 2 heterocycles. The Kier molecular flexibility index (Phi) is 3.74. The third kappa shape index (κ3) is 3.12. The molecule has 2 rings (SSSR count). The Labute approximate surface area is 114 Å². The first-order chi connectivity index (χ1) is 9.27. The molecule has 6 heteroatoms. The van der Waals surface area contributed by atoms with Crippen LogP contribution in [0, 0.1) is 13.8 Å². The van der Waals surface area contributed by atoms with Crippen LogP contribution in [0.25, 0.3) is 0 Å². The molecule has 1 atom stereocenters. The van der Waals surface area contributed by atoms with Crippen molar-refractivity contribution in [1.82, 2.24) is 4.98 Å². The van der Waals surface area contributed by atoms with E-state index in [-0.39, 0.29) is 11.9 Å². The number of nitrogens with zero attached hydrogens (tertiary/aromatic N) is 1. The molecule has 0 saturated carbocycles. The average molecular weight is 284 g/mol. The number of furan rings is 1. The zero-order valence-electron chi connectivity index (χ0n) is 11.4. The van der Waals surface area contributed by atoms with Gasteiger partial charge in [0.2, 0.25) is 0 Å². The molecule has 2 aromatic heterocycles. The van der Waals surface area contributed by atoms with E-state index < -0.39 is 11.9 Å². The number of anilines is 1. The van der Waals surface area contributed by atoms with Gasteiger partial charge in [0.15, 0.2) is 0 Å². The Morgan fingerprint density at radius 3 is 2.50 bits per heavy atom. The highest BCUT2D eigenvalue weighted by Gasteiger charge is 2.32. The van der Waals surface area contributed by atoms with E-state index in [0.29, 0.717) is 0 Å². The van der Waals surface area contributed by atoms with Crippen molar-refractivity contribution in [1.29, 1.82) is 0 Å². The second-order valence-corrected chi connectivity index (χ2v) is 4.64. The Morgan fingerprint density at radius 2 is 1.95 bits per heavy atom. The molecule has 0 bridgehead atoms. The topological polar surface area (TPSA) is 38.1 Å². The first kappa shape index (κ1) is 14.4. The van der Waals surface area contributed by atoms with E-state index in [1.165, 1.54) is 12.1 Å². The number of aryl methyl sites for hydroxylation is 2. The predicted octanol–water partition coefficient (Wildman–Crippen LogP) is 4.48. The summed E-state index contributed by atoms with van der Waals surface area (Å²) in [6.45, 7) is 5.49. The molecule has 2 aromatic rings. The fraction of sp³-hybridized carbons (Fsp3) is 0.357. The minimum atomic E-state index is -4.44. The van der Waals surface area contributed by atoms with Crippen molar-refractivity contribution in [2.45, 2.75) is 33.0 Å². The molecular formula is C14H15F3N2O. The normalized spacial score (nSPS) is 13.3. The van der Waals surface area contributed by atoms with Gasteiger partial charge in [0.1, 0.15) is 23.0 Å². The number of hydrogen-bond donors (Lipinski definition) is 1. The number of nitrogens with one attached hydrogen (secondary N) is 1. The predicted molar refractivity (Wildman–Crippen MR) is 69.5 cm³/mol. The first-order valence-electron chi connectivity index (χ1n) is 6.15. The highest BCUT2D eigenvalue weighted by Crippen LogP contribution is 2.29. The second-order valence-electron chi connectivity index (χ2n) is 4.64. The maximum Gasteiger partial charge on any atom is 0.433 e. The summed E-state index contributed by atoms with van der Waals surface area (Å²) in [4.78, 5) is 3.58. The van der Waals surface area contributed by atoms with E-state index in [1.807, 2.05) is 26.8 Å². The van der Waals surface area contributed by atoms with E-state index in [2.05, 4.69) is 10.3 Å². The van der Waals surface area contributed by atoms with Crippen LogP contribution in [0.5, 0.6) is 0 Å². The van der Waals surface area contributed by atoms with Gasteiger partial charge in [-0.3, -0.25) is 0 Å². The maximum atomic E-state index is 12.6. The van der Waals surface area contributed by atoms with Crippen LogP contribution < -0.4 is 5.32 Å². The third-order valence-electron chi connectivity index (χ3n) is 2.95. The minimum absolute atomic E-state index is 0.186. The van der Waals surface area contributed by atoms with Crippen LogP contribution >= 0.6 is 0 Å². The molecule has 0 aliphatic carbocycles. The van der Waals surface area contributed by atoms with Crippen LogP contribution in [-0.4, -0.2) is 4.98 Å². The number of rotatable bonds is 3. The van der Waals surface area contributed by atoms with Crippen molar-refractivity contribution in [3.8, 4) is 0 Å². The molecule has 1 unspecified atom stereocenters. The van der Waals surface area contributed by atoms with Gasteiger partial charge in [-0.05, 0) is 39.0 Å². The summed E-state index contributed by atoms with van der Waals surface area (Å²) in [6, 6.07) is 5.46. The van der Waals surface area contributed by atoms with Crippen molar-refractivity contribution < 1.29 is 17.6 Å². The van der Waals surface area contributed by atoms with E-state index in [4.69, 9.17) is 4.42 Å². The monoisotopic (exact) mass is 284 g/mol. The SMILES string of the molecule is Cc1cc(C(C)Nc2cccc(C(F)(F)F)n2)c(C)o1. The molecule has 0 aliphatic heterocycles. The van der Waals surface area contributed by atoms with Gasteiger partial charge >= 0.3 is 6.18 Å². The lowest BCUT2D eigenvalue weighted by Gasteiger charge is -2.15. The number of pyridine rings is 1. The maximum absolute atomic E-state index is 12.6. The van der Waals surface area contributed by atoms with E-state index >= 15 is 0 Å². The highest BCUT2D eigenvalue weighted by atomic mass is 19.4. The van der Waals surface area contributed by atoms with Gasteiger partial charge in [-0.2, -0.15) is 13.2 Å². The Morgan fingerprint density at radius 1 is 1.25 bits per heavy atom. The number of hydrogen-bond acceptors (Lipinski definition) is 3. The van der Waals surface area contributed by atoms with E-state index in [0.717, 1.165) is 23.2 Å². The van der Waals surface area contributed by atoms with Gasteiger partial charge in [-0.15, -0.1) is 0 Å². The molecule has 3 nitrogen and oxygen atoms in total. The number of halogens is 3. The van der Waals surface area contributed by atoms with Crippen LogP contribution in [0.3, 0.4) is 0 Å². The molecule has 108 valence electrons. The largest absolute Gasteiger partial charge is 0.466 e. The second kappa shape index (κ2) is 5.19. The number of aromatic nitrogens is 1. The lowest BCUT2D eigenvalue weighted by Crippen LogP contribution is -2.12. The quantitative estimate of drug-likeness (QED) is 0.902. The summed E-state index contributed by atoms with van der Waals surface area (Å²) in [6.07, 6.45) is -4.44. The van der Waals surface area contributed by atoms with Gasteiger partial charge in [-0.1, -0.05) is 6.07 Å². The van der Waals surface area contributed by atoms with Crippen molar-refractivity contribution in [2.75, 3.05) is 5.32 Å². The summed E-state index contributed by atoms with van der Waals surface area (Å²) in [5, 5.41) is 2.95. The van der Waals surface area contributed by atoms with Crippen LogP contribution in [0.1, 0.15) is 35.7 Å². The molecule has 0 saturated heterocycles. The molecule has 0 fully saturated rings. The summed E-state index contributed by atoms with van der Waals surface area (Å²) in [5.41, 5.74) is -0.00323. The summed E-state index contributed by atoms with van der Waals surface area (Å²) in [7, 11) is 0. The molecule has 0 aromatic carbocycles. The highest BCUT2D eigenvalue weighted by molar-refractivity contribution is 5.40. The van der Waals surface area contributed by atoms with Crippen molar-refractivity contribution in [3.63, 3.8) is 0 Å². The zero-order valence-corrected chi connectivity index (χ0v) is 11.4. The summed E-state index contributed by atoms with van der Waals surface area (Å²) >= 11 is 0. The first-order valence-corrected chi connectivity index (χ1v) is 6.15. The van der Waals surface area contributed by atoms with Gasteiger partial charge in [-0.25, -0.2) is 4.98 Å². The van der Waals surface area contributed by atoms with Gasteiger partial charge in [0.25, 0.3) is 0 Å². The standard InChI is InChI=1S/C14H15F3N2O/c1-8-7-11(10(3)20-8)9(2)18-13-6-4-5-12(19-13)14(15,16)17/h4-7,9H,1-3H3,(H,18,19). The Balaban J connectivity index is 2.20. The van der Waals surface area contributed by atoms with Crippen LogP contribution in [0.2, 0.25) is 0 Å². The van der Waals surface area contributed by atoms with Crippen molar-refractivity contribution in [2.24, 2.45) is 0 Å². The molecule has 1 N–H and O–H groups in total. The Hall–Kier alpha value is -1.98. The Bertz CT molecular complexity index is 605.